The van der Waals surface area contributed by atoms with Crippen LogP contribution in [0.2, 0.25) is 0 Å². The fourth-order valence-electron chi connectivity index (χ4n) is 5.68. The number of primary amides is 1. The number of aliphatic hydroxyl groups excluding tert-OH is 2. The van der Waals surface area contributed by atoms with E-state index in [4.69, 9.17) is 5.73 Å². The van der Waals surface area contributed by atoms with Crippen molar-refractivity contribution in [3.63, 3.8) is 0 Å². The molecule has 1 fully saturated rings. The quantitative estimate of drug-likeness (QED) is 0.346. The molecular weight excluding hydrogens is 456 g/mol. The first-order chi connectivity index (χ1) is 16.5. The number of phenols is 1. The second-order valence-electron chi connectivity index (χ2n) is 9.42. The molecule has 7 N–H and O–H groups in total. The number of aromatic nitrogens is 2. The molecule has 0 aliphatic heterocycles. The van der Waals surface area contributed by atoms with Crippen LogP contribution in [-0.4, -0.2) is 67.8 Å². The molecule has 0 radical (unpaired) electrons. The largest absolute Gasteiger partial charge is 0.508 e. The van der Waals surface area contributed by atoms with Crippen molar-refractivity contribution in [2.24, 2.45) is 17.6 Å². The second-order valence-corrected chi connectivity index (χ2v) is 9.42. The Balaban J connectivity index is 1.75. The van der Waals surface area contributed by atoms with E-state index in [9.17, 15) is 34.8 Å². The average molecular weight is 480 g/mol. The van der Waals surface area contributed by atoms with Crippen molar-refractivity contribution in [2.45, 2.75) is 24.9 Å². The second kappa shape index (κ2) is 7.44. The zero-order chi connectivity index (χ0) is 25.4. The lowest BCUT2D eigenvalue weighted by atomic mass is 9.59. The summed E-state index contributed by atoms with van der Waals surface area (Å²) in [6, 6.07) is 3.39. The number of nitrogens with zero attached hydrogens (tertiary/aromatic N) is 2. The van der Waals surface area contributed by atoms with E-state index >= 15 is 0 Å². The first-order valence-electron chi connectivity index (χ1n) is 11.0. The highest BCUT2D eigenvalue weighted by Gasteiger charge is 2.60. The Bertz CT molecular complexity index is 1370. The smallest absolute Gasteiger partial charge is 0.255 e. The number of amides is 1. The molecule has 1 heterocycles. The number of nitrogens with one attached hydrogen (secondary N) is 1. The van der Waals surface area contributed by atoms with Gasteiger partial charge < -0.3 is 31.1 Å². The lowest BCUT2D eigenvalue weighted by molar-refractivity contribution is -0.147. The van der Waals surface area contributed by atoms with E-state index in [0.717, 1.165) is 0 Å². The van der Waals surface area contributed by atoms with E-state index < -0.39 is 52.0 Å². The highest BCUT2D eigenvalue weighted by molar-refractivity contribution is 6.22. The van der Waals surface area contributed by atoms with E-state index in [-0.39, 0.29) is 36.1 Å². The molecule has 5 rings (SSSR count). The monoisotopic (exact) mass is 480 g/mol. The van der Waals surface area contributed by atoms with E-state index in [1.165, 1.54) is 6.20 Å². The molecule has 0 bridgehead atoms. The molecule has 3 atom stereocenters. The highest BCUT2D eigenvalue weighted by Crippen LogP contribution is 2.54. The highest BCUT2D eigenvalue weighted by atomic mass is 16.3. The minimum Gasteiger partial charge on any atom is -0.508 e. The first-order valence-corrected chi connectivity index (χ1v) is 11.0. The Labute approximate surface area is 199 Å². The van der Waals surface area contributed by atoms with Gasteiger partial charge in [-0.1, -0.05) is 0 Å². The summed E-state index contributed by atoms with van der Waals surface area (Å²) in [5.41, 5.74) is 3.80. The molecular formula is C24H24N4O7. The number of aromatic hydroxyl groups is 1. The maximum Gasteiger partial charge on any atom is 0.255 e. The molecule has 2 aromatic rings. The Morgan fingerprint density at radius 2 is 1.94 bits per heavy atom. The van der Waals surface area contributed by atoms with Gasteiger partial charge in [-0.15, -0.1) is 0 Å². The molecule has 2 unspecified atom stereocenters. The predicted octanol–water partition coefficient (Wildman–Crippen LogP) is 0.880. The number of carbonyl (C=O) groups excluding carboxylic acids is 3. The van der Waals surface area contributed by atoms with Gasteiger partial charge in [0.15, 0.2) is 11.4 Å². The molecule has 182 valence electrons. The molecule has 0 saturated heterocycles. The van der Waals surface area contributed by atoms with Gasteiger partial charge in [0, 0.05) is 49.5 Å². The minimum absolute atomic E-state index is 0.0351. The van der Waals surface area contributed by atoms with Crippen LogP contribution < -0.4 is 10.6 Å². The van der Waals surface area contributed by atoms with Gasteiger partial charge in [0.2, 0.25) is 5.78 Å². The topological polar surface area (TPSA) is 190 Å². The fourth-order valence-corrected chi connectivity index (χ4v) is 5.68. The number of ketones is 2. The van der Waals surface area contributed by atoms with Crippen LogP contribution in [0.1, 0.15) is 24.0 Å². The normalized spacial score (nSPS) is 25.8. The van der Waals surface area contributed by atoms with Gasteiger partial charge in [0.05, 0.1) is 11.3 Å². The number of Topliss-reactive ketones (excluding diaryl/α,β-unsaturated/α-hetero) is 2. The number of aromatic amines is 1. The number of phenolic OH excluding ortho intramolecular Hbond substituents is 1. The average Bonchev–Trinajstić information content (AvgIpc) is 3.30. The van der Waals surface area contributed by atoms with Crippen LogP contribution in [0.25, 0.3) is 17.0 Å². The standard InChI is InChI=1S/C24H24N4O7/c1-28(2)14-8-11(13-3-4-26-27-13)19(30)17-12(14)6-9-5-10-7-15(29)18(23(25)34)22(33)24(10,35)21(32)16(9)20(17)31/h3-4,8-10,30-31,33,35H,5-7H2,1-2H3,(H2,25,34)(H,26,27)/t9?,10?,24-/m0/s1. The fraction of sp³-hybridized carbons (Fsp3) is 0.333. The van der Waals surface area contributed by atoms with E-state index in [1.54, 1.807) is 26.2 Å². The number of benzene rings is 1. The number of hydrogen-bond donors (Lipinski definition) is 6. The lowest BCUT2D eigenvalue weighted by Gasteiger charge is -2.46. The number of H-pyrrole nitrogens is 1. The molecule has 1 amide bonds. The number of rotatable bonds is 3. The van der Waals surface area contributed by atoms with Crippen molar-refractivity contribution in [3.05, 3.63) is 46.4 Å². The lowest BCUT2D eigenvalue weighted by Crippen LogP contribution is -2.58. The SMILES string of the molecule is CN(C)c1cc(-c2ccn[nH]2)c(O)c2c1CC1CC3CC(=O)C(C(N)=O)=C(O)[C@@]3(O)C(=O)C1=C2O. The summed E-state index contributed by atoms with van der Waals surface area (Å²) in [7, 11) is 3.61. The number of aliphatic hydroxyl groups is 3. The molecule has 11 heteroatoms. The van der Waals surface area contributed by atoms with Crippen LogP contribution in [0.15, 0.2) is 35.2 Å². The van der Waals surface area contributed by atoms with E-state index in [0.29, 0.717) is 22.5 Å². The summed E-state index contributed by atoms with van der Waals surface area (Å²) in [6.07, 6.45) is 1.47. The third-order valence-electron chi connectivity index (χ3n) is 7.31. The summed E-state index contributed by atoms with van der Waals surface area (Å²) in [4.78, 5) is 39.7. The first kappa shape index (κ1) is 22.7. The number of anilines is 1. The van der Waals surface area contributed by atoms with Crippen LogP contribution in [0.5, 0.6) is 5.75 Å². The number of nitrogens with two attached hydrogens (primary N) is 1. The Hall–Kier alpha value is -4.12. The van der Waals surface area contributed by atoms with Gasteiger partial charge in [0.1, 0.15) is 22.8 Å². The molecule has 1 saturated carbocycles. The Kier molecular flexibility index (Phi) is 4.82. The maximum atomic E-state index is 13.6. The third kappa shape index (κ3) is 2.94. The van der Waals surface area contributed by atoms with Gasteiger partial charge in [-0.2, -0.15) is 5.10 Å². The maximum absolute atomic E-state index is 13.6. The summed E-state index contributed by atoms with van der Waals surface area (Å²) in [5, 5.41) is 51.2. The Morgan fingerprint density at radius 3 is 2.54 bits per heavy atom. The van der Waals surface area contributed by atoms with Crippen LogP contribution in [0, 0.1) is 11.8 Å². The molecule has 35 heavy (non-hydrogen) atoms. The van der Waals surface area contributed by atoms with Gasteiger partial charge in [0.25, 0.3) is 5.91 Å². The van der Waals surface area contributed by atoms with Gasteiger partial charge in [-0.3, -0.25) is 19.5 Å². The zero-order valence-electron chi connectivity index (χ0n) is 19.0. The minimum atomic E-state index is -2.59. The predicted molar refractivity (Wildman–Crippen MR) is 123 cm³/mol. The van der Waals surface area contributed by atoms with E-state index in [2.05, 4.69) is 10.2 Å². The van der Waals surface area contributed by atoms with Crippen molar-refractivity contribution < 1.29 is 34.8 Å². The molecule has 3 aliphatic rings. The third-order valence-corrected chi connectivity index (χ3v) is 7.31. The van der Waals surface area contributed by atoms with Crippen LogP contribution in [0.3, 0.4) is 0 Å². The van der Waals surface area contributed by atoms with Gasteiger partial charge >= 0.3 is 0 Å². The van der Waals surface area contributed by atoms with Crippen LogP contribution in [-0.2, 0) is 20.8 Å². The van der Waals surface area contributed by atoms with E-state index in [1.807, 2.05) is 4.90 Å². The zero-order valence-corrected chi connectivity index (χ0v) is 19.0. The van der Waals surface area contributed by atoms with Gasteiger partial charge in [-0.05, 0) is 36.5 Å². The summed E-state index contributed by atoms with van der Waals surface area (Å²) < 4.78 is 0. The van der Waals surface area contributed by atoms with Crippen molar-refractivity contribution >= 4 is 28.9 Å². The molecule has 1 aromatic carbocycles. The van der Waals surface area contributed by atoms with Crippen LogP contribution >= 0.6 is 0 Å². The molecule has 0 spiro atoms. The van der Waals surface area contributed by atoms with Crippen molar-refractivity contribution in [1.82, 2.24) is 10.2 Å². The van der Waals surface area contributed by atoms with Gasteiger partial charge in [-0.25, -0.2) is 0 Å². The van der Waals surface area contributed by atoms with Crippen molar-refractivity contribution in [2.75, 3.05) is 19.0 Å². The number of fused-ring (bicyclic) bond motifs is 3. The summed E-state index contributed by atoms with van der Waals surface area (Å²) in [6.45, 7) is 0. The molecule has 3 aliphatic carbocycles. The molecule has 1 aromatic heterocycles. The van der Waals surface area contributed by atoms with Crippen molar-refractivity contribution in [3.8, 4) is 17.0 Å². The number of carbonyl (C=O) groups is 3. The molecule has 11 nitrogen and oxygen atoms in total. The van der Waals surface area contributed by atoms with Crippen LogP contribution in [0.4, 0.5) is 5.69 Å². The Morgan fingerprint density at radius 1 is 1.23 bits per heavy atom. The summed E-state index contributed by atoms with van der Waals surface area (Å²) in [5.74, 6) is -6.52. The number of hydrogen-bond acceptors (Lipinski definition) is 9. The van der Waals surface area contributed by atoms with Crippen molar-refractivity contribution in [1.29, 1.82) is 0 Å². The summed E-state index contributed by atoms with van der Waals surface area (Å²) >= 11 is 0.